The van der Waals surface area contributed by atoms with Gasteiger partial charge in [-0.2, -0.15) is 11.8 Å². The van der Waals surface area contributed by atoms with Crippen molar-refractivity contribution in [1.29, 1.82) is 0 Å². The maximum absolute atomic E-state index is 4.47. The topological polar surface area (TPSA) is 30.9 Å². The summed E-state index contributed by atoms with van der Waals surface area (Å²) in [5.41, 5.74) is 2.65. The van der Waals surface area contributed by atoms with Gasteiger partial charge in [0.1, 0.15) is 0 Å². The van der Waals surface area contributed by atoms with Crippen LogP contribution in [-0.4, -0.2) is 61.0 Å². The number of aliphatic imine (C=N–C) groups is 1. The smallest absolute Gasteiger partial charge is 0.193 e. The second-order valence-electron chi connectivity index (χ2n) is 6.30. The predicted molar refractivity (Wildman–Crippen MR) is 118 cm³/mol. The molecule has 0 amide bonds. The highest BCUT2D eigenvalue weighted by atomic mass is 127. The molecule has 0 saturated carbocycles. The Morgan fingerprint density at radius 1 is 1.29 bits per heavy atom. The van der Waals surface area contributed by atoms with E-state index in [9.17, 15) is 0 Å². The SMILES string of the molecule is CCC1CN(C(=NC)NCc2ccc(CN(C)C)cc2)CCS1.I. The fourth-order valence-electron chi connectivity index (χ4n) is 2.80. The number of benzene rings is 1. The van der Waals surface area contributed by atoms with Crippen LogP contribution >= 0.6 is 35.7 Å². The summed E-state index contributed by atoms with van der Waals surface area (Å²) in [5.74, 6) is 2.22. The van der Waals surface area contributed by atoms with Crippen LogP contribution in [0.25, 0.3) is 0 Å². The van der Waals surface area contributed by atoms with Crippen LogP contribution in [0.5, 0.6) is 0 Å². The van der Waals surface area contributed by atoms with Crippen molar-refractivity contribution in [3.05, 3.63) is 35.4 Å². The summed E-state index contributed by atoms with van der Waals surface area (Å²) in [6.07, 6.45) is 1.23. The van der Waals surface area contributed by atoms with Gasteiger partial charge in [-0.1, -0.05) is 31.2 Å². The summed E-state index contributed by atoms with van der Waals surface area (Å²) < 4.78 is 0. The van der Waals surface area contributed by atoms with Gasteiger partial charge in [0.15, 0.2) is 5.96 Å². The Hall–Kier alpha value is -0.470. The third kappa shape index (κ3) is 6.80. The first-order valence-electron chi connectivity index (χ1n) is 8.42. The number of guanidine groups is 1. The average molecular weight is 462 g/mol. The monoisotopic (exact) mass is 462 g/mol. The first-order valence-corrected chi connectivity index (χ1v) is 9.47. The van der Waals surface area contributed by atoms with Gasteiger partial charge in [0.25, 0.3) is 0 Å². The van der Waals surface area contributed by atoms with Gasteiger partial charge in [-0.3, -0.25) is 4.99 Å². The Balaban J connectivity index is 0.00000288. The maximum atomic E-state index is 4.47. The summed E-state index contributed by atoms with van der Waals surface area (Å²) in [4.78, 5) is 9.05. The second-order valence-corrected chi connectivity index (χ2v) is 7.71. The van der Waals surface area contributed by atoms with E-state index in [0.29, 0.717) is 0 Å². The zero-order valence-corrected chi connectivity index (χ0v) is 18.4. The van der Waals surface area contributed by atoms with Crippen molar-refractivity contribution in [3.63, 3.8) is 0 Å². The van der Waals surface area contributed by atoms with Gasteiger partial charge in [0.2, 0.25) is 0 Å². The molecule has 6 heteroatoms. The minimum absolute atomic E-state index is 0. The molecule has 1 saturated heterocycles. The molecule has 0 aromatic heterocycles. The third-order valence-electron chi connectivity index (χ3n) is 4.08. The lowest BCUT2D eigenvalue weighted by Crippen LogP contribution is -2.47. The van der Waals surface area contributed by atoms with E-state index < -0.39 is 0 Å². The molecule has 1 aromatic rings. The molecule has 1 N–H and O–H groups in total. The van der Waals surface area contributed by atoms with Crippen molar-refractivity contribution in [3.8, 4) is 0 Å². The van der Waals surface area contributed by atoms with E-state index in [1.54, 1.807) is 0 Å². The minimum atomic E-state index is 0. The molecule has 1 unspecified atom stereocenters. The molecule has 1 heterocycles. The van der Waals surface area contributed by atoms with Crippen LogP contribution in [0.3, 0.4) is 0 Å². The fraction of sp³-hybridized carbons (Fsp3) is 0.611. The molecule has 24 heavy (non-hydrogen) atoms. The second kappa shape index (κ2) is 11.2. The van der Waals surface area contributed by atoms with Crippen molar-refractivity contribution in [2.45, 2.75) is 31.7 Å². The zero-order chi connectivity index (χ0) is 16.7. The predicted octanol–water partition coefficient (Wildman–Crippen LogP) is 3.27. The normalized spacial score (nSPS) is 18.5. The Labute approximate surface area is 168 Å². The van der Waals surface area contributed by atoms with Crippen LogP contribution in [0.15, 0.2) is 29.3 Å². The molecule has 1 atom stereocenters. The van der Waals surface area contributed by atoms with Crippen LogP contribution in [0.4, 0.5) is 0 Å². The maximum Gasteiger partial charge on any atom is 0.193 e. The third-order valence-corrected chi connectivity index (χ3v) is 5.45. The van der Waals surface area contributed by atoms with Gasteiger partial charge < -0.3 is 15.1 Å². The number of hydrogen-bond acceptors (Lipinski definition) is 3. The van der Waals surface area contributed by atoms with Crippen LogP contribution in [0, 0.1) is 0 Å². The molecule has 1 aliphatic heterocycles. The van der Waals surface area contributed by atoms with E-state index in [4.69, 9.17) is 0 Å². The van der Waals surface area contributed by atoms with Gasteiger partial charge in [0.05, 0.1) is 0 Å². The van der Waals surface area contributed by atoms with E-state index in [0.717, 1.165) is 37.4 Å². The van der Waals surface area contributed by atoms with E-state index in [1.807, 2.05) is 7.05 Å². The Kier molecular flexibility index (Phi) is 10.1. The molecule has 2 rings (SSSR count). The van der Waals surface area contributed by atoms with E-state index in [2.05, 4.69) is 77.2 Å². The Bertz CT molecular complexity index is 504. The van der Waals surface area contributed by atoms with Crippen molar-refractivity contribution >= 4 is 41.7 Å². The highest BCUT2D eigenvalue weighted by Gasteiger charge is 2.21. The number of nitrogens with one attached hydrogen (secondary N) is 1. The number of hydrogen-bond donors (Lipinski definition) is 1. The highest BCUT2D eigenvalue weighted by molar-refractivity contribution is 14.0. The van der Waals surface area contributed by atoms with Gasteiger partial charge in [-0.15, -0.1) is 24.0 Å². The molecular weight excluding hydrogens is 431 g/mol. The molecule has 0 radical (unpaired) electrons. The molecule has 4 nitrogen and oxygen atoms in total. The summed E-state index contributed by atoms with van der Waals surface area (Å²) >= 11 is 2.09. The largest absolute Gasteiger partial charge is 0.352 e. The molecule has 1 fully saturated rings. The summed E-state index contributed by atoms with van der Waals surface area (Å²) in [7, 11) is 6.07. The zero-order valence-electron chi connectivity index (χ0n) is 15.3. The molecule has 0 spiro atoms. The van der Waals surface area contributed by atoms with Gasteiger partial charge >= 0.3 is 0 Å². The average Bonchev–Trinajstić information content (AvgIpc) is 2.56. The van der Waals surface area contributed by atoms with E-state index in [1.165, 1.54) is 23.3 Å². The van der Waals surface area contributed by atoms with Crippen molar-refractivity contribution in [1.82, 2.24) is 15.1 Å². The highest BCUT2D eigenvalue weighted by Crippen LogP contribution is 2.21. The summed E-state index contributed by atoms with van der Waals surface area (Å²) in [6.45, 7) is 6.27. The van der Waals surface area contributed by atoms with Gasteiger partial charge in [-0.25, -0.2) is 0 Å². The molecule has 1 aliphatic rings. The number of halogens is 1. The number of rotatable bonds is 5. The molecule has 136 valence electrons. The minimum Gasteiger partial charge on any atom is -0.352 e. The lowest BCUT2D eigenvalue weighted by Gasteiger charge is -2.34. The lowest BCUT2D eigenvalue weighted by molar-refractivity contribution is 0.402. The molecule has 1 aromatic carbocycles. The first-order chi connectivity index (χ1) is 11.1. The Morgan fingerprint density at radius 2 is 1.96 bits per heavy atom. The first kappa shape index (κ1) is 21.6. The lowest BCUT2D eigenvalue weighted by atomic mass is 10.1. The van der Waals surface area contributed by atoms with Crippen molar-refractivity contribution in [2.24, 2.45) is 4.99 Å². The fourth-order valence-corrected chi connectivity index (χ4v) is 3.98. The van der Waals surface area contributed by atoms with Crippen LogP contribution in [0.2, 0.25) is 0 Å². The van der Waals surface area contributed by atoms with Gasteiger partial charge in [-0.05, 0) is 31.6 Å². The summed E-state index contributed by atoms with van der Waals surface area (Å²) in [5, 5.41) is 4.25. The molecular formula is C18H31IN4S. The molecule has 0 aliphatic carbocycles. The Morgan fingerprint density at radius 3 is 2.54 bits per heavy atom. The van der Waals surface area contributed by atoms with E-state index in [-0.39, 0.29) is 24.0 Å². The van der Waals surface area contributed by atoms with Crippen LogP contribution < -0.4 is 5.32 Å². The van der Waals surface area contributed by atoms with E-state index >= 15 is 0 Å². The number of nitrogens with zero attached hydrogens (tertiary/aromatic N) is 3. The quantitative estimate of drug-likeness (QED) is 0.414. The van der Waals surface area contributed by atoms with Crippen molar-refractivity contribution in [2.75, 3.05) is 40.0 Å². The van der Waals surface area contributed by atoms with Crippen LogP contribution in [0.1, 0.15) is 24.5 Å². The van der Waals surface area contributed by atoms with Crippen molar-refractivity contribution < 1.29 is 0 Å². The van der Waals surface area contributed by atoms with Gasteiger partial charge in [0, 0.05) is 44.2 Å². The summed E-state index contributed by atoms with van der Waals surface area (Å²) in [6, 6.07) is 8.84. The number of thioether (sulfide) groups is 1. The van der Waals surface area contributed by atoms with Crippen LogP contribution in [-0.2, 0) is 13.1 Å². The standard InChI is InChI=1S/C18H30N4S.HI/c1-5-17-14-22(10-11-23-17)18(19-2)20-12-15-6-8-16(9-7-15)13-21(3)4;/h6-9,17H,5,10-14H2,1-4H3,(H,19,20);1H. The molecule has 0 bridgehead atoms.